The summed E-state index contributed by atoms with van der Waals surface area (Å²) in [6.07, 6.45) is -0.828. The van der Waals surface area contributed by atoms with E-state index in [-0.39, 0.29) is 18.7 Å². The van der Waals surface area contributed by atoms with Crippen molar-refractivity contribution < 1.29 is 9.90 Å². The van der Waals surface area contributed by atoms with E-state index >= 15 is 0 Å². The number of carbonyl (C=O) groups is 1. The highest BCUT2D eigenvalue weighted by Gasteiger charge is 2.30. The normalized spacial score (nSPS) is 22.8. The summed E-state index contributed by atoms with van der Waals surface area (Å²) in [5, 5.41) is 12.6. The van der Waals surface area contributed by atoms with Gasteiger partial charge in [-0.25, -0.2) is 4.79 Å². The summed E-state index contributed by atoms with van der Waals surface area (Å²) in [5.41, 5.74) is -0.605. The Morgan fingerprint density at radius 2 is 1.95 bits per heavy atom. The summed E-state index contributed by atoms with van der Waals surface area (Å²) in [6.45, 7) is 0. The van der Waals surface area contributed by atoms with Crippen molar-refractivity contribution in [3.05, 3.63) is 45.1 Å². The van der Waals surface area contributed by atoms with Crippen molar-refractivity contribution in [3.8, 4) is 0 Å². The largest absolute Gasteiger partial charge is 0.371 e. The van der Waals surface area contributed by atoms with Crippen LogP contribution in [0.2, 0.25) is 0 Å². The lowest BCUT2D eigenvalue weighted by Crippen LogP contribution is -2.51. The molecule has 1 fully saturated rings. The molecule has 2 aromatic rings. The summed E-state index contributed by atoms with van der Waals surface area (Å²) in [7, 11) is 0. The van der Waals surface area contributed by atoms with Crippen molar-refractivity contribution in [2.45, 2.75) is 25.1 Å². The van der Waals surface area contributed by atoms with Crippen LogP contribution in [0, 0.1) is 0 Å². The lowest BCUT2D eigenvalue weighted by Gasteiger charge is -2.29. The van der Waals surface area contributed by atoms with Gasteiger partial charge in [0.15, 0.2) is 0 Å². The van der Waals surface area contributed by atoms with E-state index in [2.05, 4.69) is 10.3 Å². The number of aliphatic hydroxyl groups excluding tert-OH is 1. The molecule has 1 aliphatic rings. The van der Waals surface area contributed by atoms with Gasteiger partial charge in [-0.05, 0) is 18.6 Å². The molecule has 2 atom stereocenters. The van der Waals surface area contributed by atoms with Crippen LogP contribution in [-0.4, -0.2) is 26.8 Å². The van der Waals surface area contributed by atoms with Crippen LogP contribution in [0.15, 0.2) is 33.9 Å². The smallest absolute Gasteiger partial charge is 0.329 e. The number of rotatable bonds is 1. The van der Waals surface area contributed by atoms with Crippen molar-refractivity contribution in [1.29, 1.82) is 0 Å². The zero-order valence-corrected chi connectivity index (χ0v) is 10.5. The minimum Gasteiger partial charge on any atom is -0.371 e. The molecule has 2 unspecified atom stereocenters. The van der Waals surface area contributed by atoms with Gasteiger partial charge >= 0.3 is 5.69 Å². The maximum absolute atomic E-state index is 12.4. The van der Waals surface area contributed by atoms with Gasteiger partial charge in [0, 0.05) is 6.42 Å². The summed E-state index contributed by atoms with van der Waals surface area (Å²) in [5.74, 6) is -0.293. The Hall–Kier alpha value is -2.41. The SMILES string of the molecule is O=C1CCC(n2c(=O)[nH]c3ccccc3c2=O)C(O)N1. The van der Waals surface area contributed by atoms with E-state index < -0.39 is 23.5 Å². The third-order valence-electron chi connectivity index (χ3n) is 3.51. The molecule has 2 heterocycles. The topological polar surface area (TPSA) is 104 Å². The van der Waals surface area contributed by atoms with Gasteiger partial charge in [0.05, 0.1) is 16.9 Å². The number of fused-ring (bicyclic) bond motifs is 1. The van der Waals surface area contributed by atoms with Crippen LogP contribution in [0.25, 0.3) is 10.9 Å². The number of hydrogen-bond acceptors (Lipinski definition) is 4. The molecule has 3 rings (SSSR count). The summed E-state index contributed by atoms with van der Waals surface area (Å²) in [6, 6.07) is 5.91. The predicted molar refractivity (Wildman–Crippen MR) is 71.2 cm³/mol. The molecule has 0 spiro atoms. The number of aliphatic hydroxyl groups is 1. The van der Waals surface area contributed by atoms with Gasteiger partial charge in [-0.15, -0.1) is 0 Å². The summed E-state index contributed by atoms with van der Waals surface area (Å²) < 4.78 is 0.979. The lowest BCUT2D eigenvalue weighted by atomic mass is 10.0. The number of nitrogens with one attached hydrogen (secondary N) is 2. The number of benzene rings is 1. The fourth-order valence-electron chi connectivity index (χ4n) is 2.52. The standard InChI is InChI=1S/C13H13N3O4/c17-10-6-5-9(11(18)15-10)16-12(19)7-3-1-2-4-8(7)14-13(16)20/h1-4,9,11,18H,5-6H2,(H,14,20)(H,15,17). The second-order valence-corrected chi connectivity index (χ2v) is 4.77. The van der Waals surface area contributed by atoms with E-state index in [9.17, 15) is 19.5 Å². The first-order valence-electron chi connectivity index (χ1n) is 6.29. The van der Waals surface area contributed by atoms with Crippen molar-refractivity contribution in [1.82, 2.24) is 14.9 Å². The predicted octanol–water partition coefficient (Wildman–Crippen LogP) is -0.541. The van der Waals surface area contributed by atoms with E-state index in [0.29, 0.717) is 10.9 Å². The zero-order chi connectivity index (χ0) is 14.3. The summed E-state index contributed by atoms with van der Waals surface area (Å²) in [4.78, 5) is 38.3. The van der Waals surface area contributed by atoms with Crippen LogP contribution in [-0.2, 0) is 4.79 Å². The van der Waals surface area contributed by atoms with Crippen molar-refractivity contribution >= 4 is 16.8 Å². The second-order valence-electron chi connectivity index (χ2n) is 4.77. The van der Waals surface area contributed by atoms with Gasteiger partial charge in [-0.1, -0.05) is 12.1 Å². The number of aromatic amines is 1. The van der Waals surface area contributed by atoms with Gasteiger partial charge in [0.1, 0.15) is 6.23 Å². The van der Waals surface area contributed by atoms with Crippen molar-refractivity contribution in [2.75, 3.05) is 0 Å². The monoisotopic (exact) mass is 275 g/mol. The molecule has 1 amide bonds. The molecule has 104 valence electrons. The molecule has 0 saturated carbocycles. The Morgan fingerprint density at radius 1 is 1.20 bits per heavy atom. The van der Waals surface area contributed by atoms with Crippen LogP contribution < -0.4 is 16.6 Å². The second kappa shape index (κ2) is 4.61. The van der Waals surface area contributed by atoms with Crippen LogP contribution in [0.3, 0.4) is 0 Å². The van der Waals surface area contributed by atoms with E-state index in [4.69, 9.17) is 0 Å². The van der Waals surface area contributed by atoms with E-state index in [1.165, 1.54) is 0 Å². The molecular weight excluding hydrogens is 262 g/mol. The van der Waals surface area contributed by atoms with Gasteiger partial charge in [-0.2, -0.15) is 0 Å². The molecule has 0 radical (unpaired) electrons. The highest BCUT2D eigenvalue weighted by atomic mass is 16.3. The molecule has 0 aliphatic carbocycles. The van der Waals surface area contributed by atoms with Gasteiger partial charge in [0.25, 0.3) is 5.56 Å². The van der Waals surface area contributed by atoms with Gasteiger partial charge < -0.3 is 15.4 Å². The average Bonchev–Trinajstić information content (AvgIpc) is 2.41. The average molecular weight is 275 g/mol. The molecule has 0 bridgehead atoms. The zero-order valence-electron chi connectivity index (χ0n) is 10.5. The number of piperidine rings is 1. The first-order valence-corrected chi connectivity index (χ1v) is 6.29. The first-order chi connectivity index (χ1) is 9.58. The quantitative estimate of drug-likeness (QED) is 0.650. The van der Waals surface area contributed by atoms with Crippen LogP contribution in [0.1, 0.15) is 18.9 Å². The number of para-hydroxylation sites is 1. The molecule has 1 aliphatic heterocycles. The molecule has 1 aromatic heterocycles. The maximum Gasteiger partial charge on any atom is 0.329 e. The number of amides is 1. The molecule has 3 N–H and O–H groups in total. The third-order valence-corrected chi connectivity index (χ3v) is 3.51. The van der Waals surface area contributed by atoms with E-state index in [1.807, 2.05) is 0 Å². The summed E-state index contributed by atoms with van der Waals surface area (Å²) >= 11 is 0. The Morgan fingerprint density at radius 3 is 2.70 bits per heavy atom. The fourth-order valence-corrected chi connectivity index (χ4v) is 2.52. The van der Waals surface area contributed by atoms with Crippen molar-refractivity contribution in [3.63, 3.8) is 0 Å². The number of carbonyl (C=O) groups excluding carboxylic acids is 1. The lowest BCUT2D eigenvalue weighted by molar-refractivity contribution is -0.128. The Kier molecular flexibility index (Phi) is 2.90. The number of H-pyrrole nitrogens is 1. The third kappa shape index (κ3) is 1.92. The Bertz CT molecular complexity index is 792. The number of nitrogens with zero attached hydrogens (tertiary/aromatic N) is 1. The van der Waals surface area contributed by atoms with E-state index in [0.717, 1.165) is 4.57 Å². The first kappa shape index (κ1) is 12.6. The molecule has 7 heteroatoms. The highest BCUT2D eigenvalue weighted by Crippen LogP contribution is 2.18. The molecular formula is C13H13N3O4. The number of hydrogen-bond donors (Lipinski definition) is 3. The minimum absolute atomic E-state index is 0.167. The molecule has 1 aromatic carbocycles. The number of aromatic nitrogens is 2. The fraction of sp³-hybridized carbons (Fsp3) is 0.308. The minimum atomic E-state index is -1.24. The Labute approximate surface area is 112 Å². The van der Waals surface area contributed by atoms with Crippen LogP contribution in [0.5, 0.6) is 0 Å². The van der Waals surface area contributed by atoms with E-state index in [1.54, 1.807) is 24.3 Å². The maximum atomic E-state index is 12.4. The van der Waals surface area contributed by atoms with Crippen LogP contribution in [0.4, 0.5) is 0 Å². The Balaban J connectivity index is 2.19. The van der Waals surface area contributed by atoms with Gasteiger partial charge in [0.2, 0.25) is 5.91 Å². The molecule has 7 nitrogen and oxygen atoms in total. The van der Waals surface area contributed by atoms with Crippen LogP contribution >= 0.6 is 0 Å². The van der Waals surface area contributed by atoms with Crippen molar-refractivity contribution in [2.24, 2.45) is 0 Å². The molecule has 1 saturated heterocycles. The molecule has 20 heavy (non-hydrogen) atoms. The highest BCUT2D eigenvalue weighted by molar-refractivity contribution is 5.78. The van der Waals surface area contributed by atoms with Gasteiger partial charge in [-0.3, -0.25) is 14.2 Å².